The monoisotopic (exact) mass is 388 g/mol. The van der Waals surface area contributed by atoms with Gasteiger partial charge in [0.2, 0.25) is 0 Å². The van der Waals surface area contributed by atoms with E-state index in [1.54, 1.807) is 7.11 Å². The van der Waals surface area contributed by atoms with Gasteiger partial charge in [0.05, 0.1) is 11.7 Å². The molecule has 0 amide bonds. The van der Waals surface area contributed by atoms with Gasteiger partial charge >= 0.3 is 0 Å². The molecule has 3 rings (SSSR count). The molecule has 1 aliphatic heterocycles. The van der Waals surface area contributed by atoms with Crippen LogP contribution in [0.1, 0.15) is 41.9 Å². The third-order valence-electron chi connectivity index (χ3n) is 4.65. The summed E-state index contributed by atoms with van der Waals surface area (Å²) >= 11 is 4.21. The number of unbranched alkanes of at least 4 members (excludes halogenated alkanes) is 1. The van der Waals surface area contributed by atoms with Crippen molar-refractivity contribution in [2.45, 2.75) is 37.4 Å². The van der Waals surface area contributed by atoms with Gasteiger partial charge in [-0.15, -0.1) is 23.5 Å². The lowest BCUT2D eigenvalue weighted by Gasteiger charge is -2.28. The van der Waals surface area contributed by atoms with Crippen molar-refractivity contribution in [3.05, 3.63) is 59.7 Å². The van der Waals surface area contributed by atoms with Gasteiger partial charge in [0.1, 0.15) is 18.1 Å². The van der Waals surface area contributed by atoms with Crippen molar-refractivity contribution in [1.29, 1.82) is 0 Å². The molecule has 1 saturated heterocycles. The van der Waals surface area contributed by atoms with Crippen LogP contribution in [-0.2, 0) is 6.61 Å². The maximum absolute atomic E-state index is 5.91. The van der Waals surface area contributed by atoms with Crippen LogP contribution in [0.4, 0.5) is 0 Å². The molecule has 2 aromatic carbocycles. The number of methoxy groups -OCH3 is 1. The molecule has 1 aliphatic rings. The minimum absolute atomic E-state index is 0.573. The highest BCUT2D eigenvalue weighted by Crippen LogP contribution is 2.46. The molecular formula is C22H28O2S2. The summed E-state index contributed by atoms with van der Waals surface area (Å²) in [4.78, 5) is 0. The van der Waals surface area contributed by atoms with Gasteiger partial charge in [-0.1, -0.05) is 44.0 Å². The topological polar surface area (TPSA) is 18.5 Å². The minimum Gasteiger partial charge on any atom is -0.497 e. The number of thioether (sulfide) groups is 2. The first kappa shape index (κ1) is 19.5. The number of benzene rings is 2. The second kappa shape index (κ2) is 10.2. The molecule has 0 radical (unpaired) electrons. The number of hydrogen-bond donors (Lipinski definition) is 0. The van der Waals surface area contributed by atoms with E-state index < -0.39 is 0 Å². The van der Waals surface area contributed by atoms with E-state index in [-0.39, 0.29) is 0 Å². The molecule has 0 unspecified atom stereocenters. The Morgan fingerprint density at radius 1 is 0.923 bits per heavy atom. The number of ether oxygens (including phenoxy) is 2. The molecule has 0 saturated carbocycles. The van der Waals surface area contributed by atoms with Crippen LogP contribution in [0.15, 0.2) is 48.5 Å². The van der Waals surface area contributed by atoms with E-state index in [2.05, 4.69) is 54.7 Å². The first-order valence-corrected chi connectivity index (χ1v) is 11.5. The van der Waals surface area contributed by atoms with E-state index in [0.717, 1.165) is 23.0 Å². The zero-order valence-electron chi connectivity index (χ0n) is 15.6. The largest absolute Gasteiger partial charge is 0.497 e. The van der Waals surface area contributed by atoms with E-state index in [1.165, 1.54) is 36.3 Å². The van der Waals surface area contributed by atoms with Crippen molar-refractivity contribution in [2.75, 3.05) is 18.6 Å². The van der Waals surface area contributed by atoms with Crippen LogP contribution >= 0.6 is 23.5 Å². The molecule has 1 fully saturated rings. The Balaban J connectivity index is 1.47. The Bertz CT molecular complexity index is 647. The predicted molar refractivity (Wildman–Crippen MR) is 114 cm³/mol. The van der Waals surface area contributed by atoms with E-state index >= 15 is 0 Å². The molecule has 0 bridgehead atoms. The molecule has 0 atom stereocenters. The first-order valence-electron chi connectivity index (χ1n) is 9.37. The van der Waals surface area contributed by atoms with E-state index in [1.807, 2.05) is 24.3 Å². The number of hydrogen-bond acceptors (Lipinski definition) is 4. The standard InChI is InChI=1S/C22H28O2S2/c1-3-4-5-18-15-25-22(26-16-18)19-8-12-21(13-9-19)24-14-17-6-10-20(23-2)11-7-17/h6-13,18,22H,3-5,14-16H2,1-2H3. The Morgan fingerprint density at radius 2 is 1.58 bits per heavy atom. The smallest absolute Gasteiger partial charge is 0.119 e. The first-order chi connectivity index (χ1) is 12.8. The van der Waals surface area contributed by atoms with Crippen LogP contribution in [0.5, 0.6) is 11.5 Å². The summed E-state index contributed by atoms with van der Waals surface area (Å²) in [7, 11) is 1.68. The fourth-order valence-electron chi connectivity index (χ4n) is 3.00. The lowest BCUT2D eigenvalue weighted by molar-refractivity contribution is 0.306. The molecule has 0 aliphatic carbocycles. The molecule has 4 heteroatoms. The average Bonchev–Trinajstić information content (AvgIpc) is 2.72. The summed E-state index contributed by atoms with van der Waals surface area (Å²) in [5, 5.41) is 0. The highest BCUT2D eigenvalue weighted by molar-refractivity contribution is 8.16. The quantitative estimate of drug-likeness (QED) is 0.509. The highest BCUT2D eigenvalue weighted by atomic mass is 32.2. The maximum atomic E-state index is 5.91. The molecule has 1 heterocycles. The van der Waals surface area contributed by atoms with E-state index in [0.29, 0.717) is 11.2 Å². The lowest BCUT2D eigenvalue weighted by atomic mass is 10.1. The second-order valence-corrected chi connectivity index (χ2v) is 9.29. The fraction of sp³-hybridized carbons (Fsp3) is 0.455. The summed E-state index contributed by atoms with van der Waals surface area (Å²) in [6.45, 7) is 2.86. The van der Waals surface area contributed by atoms with Crippen molar-refractivity contribution in [1.82, 2.24) is 0 Å². The van der Waals surface area contributed by atoms with E-state index in [9.17, 15) is 0 Å². The molecule has 140 valence electrons. The molecular weight excluding hydrogens is 360 g/mol. The summed E-state index contributed by atoms with van der Waals surface area (Å²) < 4.78 is 11.7. The van der Waals surface area contributed by atoms with Gasteiger partial charge in [-0.3, -0.25) is 0 Å². The van der Waals surface area contributed by atoms with Crippen LogP contribution in [0.2, 0.25) is 0 Å². The van der Waals surface area contributed by atoms with Crippen LogP contribution in [0.25, 0.3) is 0 Å². The third-order valence-corrected chi connectivity index (χ3v) is 7.94. The Kier molecular flexibility index (Phi) is 7.63. The Hall–Kier alpha value is -1.26. The molecule has 26 heavy (non-hydrogen) atoms. The summed E-state index contributed by atoms with van der Waals surface area (Å²) in [6, 6.07) is 16.7. The van der Waals surface area contributed by atoms with Gasteiger partial charge in [0.25, 0.3) is 0 Å². The van der Waals surface area contributed by atoms with Crippen LogP contribution in [0.3, 0.4) is 0 Å². The van der Waals surface area contributed by atoms with Crippen molar-refractivity contribution in [2.24, 2.45) is 5.92 Å². The fourth-order valence-corrected chi connectivity index (χ4v) is 6.17. The lowest BCUT2D eigenvalue weighted by Crippen LogP contribution is -2.14. The van der Waals surface area contributed by atoms with Gasteiger partial charge in [0, 0.05) is 0 Å². The highest BCUT2D eigenvalue weighted by Gasteiger charge is 2.23. The Morgan fingerprint density at radius 3 is 2.19 bits per heavy atom. The Labute approximate surface area is 166 Å². The average molecular weight is 389 g/mol. The van der Waals surface area contributed by atoms with Crippen molar-refractivity contribution >= 4 is 23.5 Å². The van der Waals surface area contributed by atoms with Crippen LogP contribution < -0.4 is 9.47 Å². The zero-order valence-corrected chi connectivity index (χ0v) is 17.3. The summed E-state index contributed by atoms with van der Waals surface area (Å²) in [5.41, 5.74) is 2.55. The van der Waals surface area contributed by atoms with Crippen LogP contribution in [0, 0.1) is 5.92 Å². The van der Waals surface area contributed by atoms with Crippen molar-refractivity contribution < 1.29 is 9.47 Å². The molecule has 0 spiro atoms. The van der Waals surface area contributed by atoms with E-state index in [4.69, 9.17) is 9.47 Å². The van der Waals surface area contributed by atoms with Gasteiger partial charge in [-0.2, -0.15) is 0 Å². The van der Waals surface area contributed by atoms with Crippen molar-refractivity contribution in [3.63, 3.8) is 0 Å². The molecule has 2 nitrogen and oxygen atoms in total. The minimum atomic E-state index is 0.573. The molecule has 2 aromatic rings. The SMILES string of the molecule is CCCCC1CSC(c2ccc(OCc3ccc(OC)cc3)cc2)SC1. The summed E-state index contributed by atoms with van der Waals surface area (Å²) in [5.74, 6) is 5.29. The number of rotatable bonds is 8. The molecule has 0 aromatic heterocycles. The predicted octanol–water partition coefficient (Wildman–Crippen LogP) is 6.56. The van der Waals surface area contributed by atoms with Gasteiger partial charge in [-0.25, -0.2) is 0 Å². The van der Waals surface area contributed by atoms with Gasteiger partial charge < -0.3 is 9.47 Å². The normalized spacial score (nSPS) is 19.9. The van der Waals surface area contributed by atoms with Gasteiger partial charge in [-0.05, 0) is 59.2 Å². The third kappa shape index (κ3) is 5.62. The molecule has 0 N–H and O–H groups in total. The maximum Gasteiger partial charge on any atom is 0.119 e. The summed E-state index contributed by atoms with van der Waals surface area (Å²) in [6.07, 6.45) is 4.07. The zero-order chi connectivity index (χ0) is 18.2. The van der Waals surface area contributed by atoms with Gasteiger partial charge in [0.15, 0.2) is 0 Å². The second-order valence-electron chi connectivity index (χ2n) is 6.71. The van der Waals surface area contributed by atoms with Crippen LogP contribution in [-0.4, -0.2) is 18.6 Å². The van der Waals surface area contributed by atoms with Crippen molar-refractivity contribution in [3.8, 4) is 11.5 Å².